The summed E-state index contributed by atoms with van der Waals surface area (Å²) in [7, 11) is 0. The molecule has 0 radical (unpaired) electrons. The van der Waals surface area contributed by atoms with E-state index in [1.54, 1.807) is 6.92 Å². The smallest absolute Gasteiger partial charge is 0.246 e. The second kappa shape index (κ2) is 14.3. The van der Waals surface area contributed by atoms with Gasteiger partial charge in [-0.15, -0.1) is 0 Å². The number of halogens is 2. The van der Waals surface area contributed by atoms with Crippen LogP contribution in [0.4, 0.5) is 8.78 Å². The van der Waals surface area contributed by atoms with Crippen molar-refractivity contribution in [3.05, 3.63) is 70.8 Å². The molecule has 2 aromatic carbocycles. The number of hydrogen-bond acceptors (Lipinski definition) is 5. The summed E-state index contributed by atoms with van der Waals surface area (Å²) in [5.74, 6) is -2.79. The molecule has 218 valence electrons. The minimum Gasteiger partial charge on any atom is -0.390 e. The van der Waals surface area contributed by atoms with E-state index in [4.69, 9.17) is 0 Å². The van der Waals surface area contributed by atoms with E-state index in [1.165, 1.54) is 15.4 Å². The second-order valence-electron chi connectivity index (χ2n) is 10.6. The van der Waals surface area contributed by atoms with E-state index < -0.39 is 35.7 Å². The van der Waals surface area contributed by atoms with Crippen LogP contribution in [0.2, 0.25) is 0 Å². The molecule has 1 fully saturated rings. The molecule has 10 heteroatoms. The highest BCUT2D eigenvalue weighted by Gasteiger charge is 2.41. The molecule has 3 N–H and O–H groups in total. The summed E-state index contributed by atoms with van der Waals surface area (Å²) < 4.78 is 27.7. The van der Waals surface area contributed by atoms with Gasteiger partial charge in [0.1, 0.15) is 30.8 Å². The molecule has 0 aliphatic carbocycles. The molecule has 2 aromatic rings. The number of likely N-dealkylation sites (N-methyl/N-ethyl adjacent to an activating group) is 1. The van der Waals surface area contributed by atoms with Gasteiger partial charge >= 0.3 is 0 Å². The van der Waals surface area contributed by atoms with Crippen molar-refractivity contribution < 1.29 is 28.3 Å². The number of aliphatic hydroxyl groups is 1. The summed E-state index contributed by atoms with van der Waals surface area (Å²) in [5.41, 5.74) is 2.49. The number of carbonyl (C=O) groups is 3. The molecule has 8 nitrogen and oxygen atoms in total. The molecular weight excluding hydrogens is 518 g/mol. The average molecular weight is 559 g/mol. The maximum absolute atomic E-state index is 13.9. The normalized spacial score (nSPS) is 17.4. The van der Waals surface area contributed by atoms with E-state index in [1.807, 2.05) is 32.0 Å². The van der Waals surface area contributed by atoms with Crippen molar-refractivity contribution in [2.45, 2.75) is 65.3 Å². The SMILES string of the molecule is CCc1cccc(CNC[C@H](O)[C@H](Cc2cc(F)cc(F)c2)NC(=O)CN2CC(=O)N(CC)[C@@H](C(C)C)C2=O)c1. The number of hydrogen-bond donors (Lipinski definition) is 3. The van der Waals surface area contributed by atoms with Crippen LogP contribution in [-0.2, 0) is 33.8 Å². The van der Waals surface area contributed by atoms with Crippen LogP contribution in [0.5, 0.6) is 0 Å². The average Bonchev–Trinajstić information content (AvgIpc) is 2.89. The van der Waals surface area contributed by atoms with Gasteiger partial charge in [-0.05, 0) is 54.5 Å². The number of carbonyl (C=O) groups excluding carboxylic acids is 3. The molecule has 0 unspecified atom stereocenters. The molecule has 0 saturated carbocycles. The Balaban J connectivity index is 1.70. The van der Waals surface area contributed by atoms with Crippen LogP contribution in [-0.4, -0.2) is 77.0 Å². The lowest BCUT2D eigenvalue weighted by Crippen LogP contribution is -2.63. The molecule has 3 atom stereocenters. The highest BCUT2D eigenvalue weighted by atomic mass is 19.1. The zero-order valence-corrected chi connectivity index (χ0v) is 23.6. The van der Waals surface area contributed by atoms with Crippen molar-refractivity contribution in [2.75, 3.05) is 26.2 Å². The molecule has 40 heavy (non-hydrogen) atoms. The largest absolute Gasteiger partial charge is 0.390 e. The van der Waals surface area contributed by atoms with Crippen molar-refractivity contribution in [1.29, 1.82) is 0 Å². The van der Waals surface area contributed by atoms with Gasteiger partial charge in [0.25, 0.3) is 0 Å². The molecule has 0 spiro atoms. The van der Waals surface area contributed by atoms with Gasteiger partial charge in [0.05, 0.1) is 12.1 Å². The van der Waals surface area contributed by atoms with Crippen molar-refractivity contribution in [2.24, 2.45) is 5.92 Å². The van der Waals surface area contributed by atoms with Gasteiger partial charge in [-0.2, -0.15) is 0 Å². The second-order valence-corrected chi connectivity index (χ2v) is 10.6. The first-order valence-electron chi connectivity index (χ1n) is 13.8. The maximum atomic E-state index is 13.9. The van der Waals surface area contributed by atoms with Crippen molar-refractivity contribution in [3.8, 4) is 0 Å². The fourth-order valence-electron chi connectivity index (χ4n) is 5.12. The quantitative estimate of drug-likeness (QED) is 0.351. The van der Waals surface area contributed by atoms with Crippen LogP contribution in [0.25, 0.3) is 0 Å². The molecule has 1 saturated heterocycles. The van der Waals surface area contributed by atoms with Crippen LogP contribution in [0.3, 0.4) is 0 Å². The number of amides is 3. The number of rotatable bonds is 13. The lowest BCUT2D eigenvalue weighted by molar-refractivity contribution is -0.158. The fourth-order valence-corrected chi connectivity index (χ4v) is 5.12. The van der Waals surface area contributed by atoms with E-state index >= 15 is 0 Å². The Morgan fingerprint density at radius 3 is 2.35 bits per heavy atom. The predicted octanol–water partition coefficient (Wildman–Crippen LogP) is 2.42. The molecule has 3 rings (SSSR count). The van der Waals surface area contributed by atoms with Crippen LogP contribution >= 0.6 is 0 Å². The number of piperazine rings is 1. The standard InChI is InChI=1S/C30H40F2N4O4/c1-5-20-8-7-9-21(10-20)15-33-16-26(37)25(13-22-11-23(31)14-24(32)12-22)34-27(38)17-35-18-28(39)36(6-2)29(19(3)4)30(35)40/h7-12,14,19,25-26,29,33,37H,5-6,13,15-18H2,1-4H3,(H,34,38)/t25-,26-,29-/m0/s1. The monoisotopic (exact) mass is 558 g/mol. The van der Waals surface area contributed by atoms with E-state index in [-0.39, 0.29) is 49.4 Å². The highest BCUT2D eigenvalue weighted by molar-refractivity contribution is 5.97. The molecule has 3 amide bonds. The van der Waals surface area contributed by atoms with Crippen molar-refractivity contribution in [1.82, 2.24) is 20.4 Å². The number of aliphatic hydroxyl groups excluding tert-OH is 1. The van der Waals surface area contributed by atoms with E-state index in [0.29, 0.717) is 13.1 Å². The summed E-state index contributed by atoms with van der Waals surface area (Å²) in [6.45, 7) is 7.94. The minimum absolute atomic E-state index is 0.0420. The fraction of sp³-hybridized carbons (Fsp3) is 0.500. The third kappa shape index (κ3) is 8.32. The summed E-state index contributed by atoms with van der Waals surface area (Å²) in [6.07, 6.45) is -0.254. The van der Waals surface area contributed by atoms with Crippen LogP contribution in [0.15, 0.2) is 42.5 Å². The summed E-state index contributed by atoms with van der Waals surface area (Å²) in [4.78, 5) is 41.6. The van der Waals surface area contributed by atoms with Crippen LogP contribution in [0.1, 0.15) is 44.4 Å². The van der Waals surface area contributed by atoms with Gasteiger partial charge in [-0.25, -0.2) is 8.78 Å². The summed E-state index contributed by atoms with van der Waals surface area (Å²) >= 11 is 0. The molecule has 1 heterocycles. The molecule has 1 aliphatic heterocycles. The lowest BCUT2D eigenvalue weighted by atomic mass is 9.98. The first-order valence-corrected chi connectivity index (χ1v) is 13.8. The van der Waals surface area contributed by atoms with Gasteiger partial charge in [0.15, 0.2) is 0 Å². The Morgan fingerprint density at radius 1 is 1.05 bits per heavy atom. The van der Waals surface area contributed by atoms with Crippen LogP contribution < -0.4 is 10.6 Å². The summed E-state index contributed by atoms with van der Waals surface area (Å²) in [6, 6.07) is 9.51. The first kappa shape index (κ1) is 31.2. The maximum Gasteiger partial charge on any atom is 0.246 e. The Hall–Kier alpha value is -3.37. The first-order chi connectivity index (χ1) is 19.0. The van der Waals surface area contributed by atoms with Gasteiger partial charge in [-0.3, -0.25) is 14.4 Å². The predicted molar refractivity (Wildman–Crippen MR) is 148 cm³/mol. The number of nitrogens with zero attached hydrogens (tertiary/aromatic N) is 2. The topological polar surface area (TPSA) is 102 Å². The van der Waals surface area contributed by atoms with E-state index in [2.05, 4.69) is 23.6 Å². The Bertz CT molecular complexity index is 1170. The third-order valence-electron chi connectivity index (χ3n) is 7.12. The number of benzene rings is 2. The van der Waals surface area contributed by atoms with Crippen LogP contribution in [0, 0.1) is 17.6 Å². The van der Waals surface area contributed by atoms with Gasteiger partial charge in [0.2, 0.25) is 17.7 Å². The Kier molecular flexibility index (Phi) is 11.2. The van der Waals surface area contributed by atoms with E-state index in [0.717, 1.165) is 30.2 Å². The third-order valence-corrected chi connectivity index (χ3v) is 7.12. The molecule has 1 aliphatic rings. The minimum atomic E-state index is -1.11. The van der Waals surface area contributed by atoms with E-state index in [9.17, 15) is 28.3 Å². The lowest BCUT2D eigenvalue weighted by Gasteiger charge is -2.41. The molecular formula is C30H40F2N4O4. The molecule has 0 bridgehead atoms. The Labute approximate surface area is 234 Å². The zero-order chi connectivity index (χ0) is 29.4. The van der Waals surface area contributed by atoms with Crippen molar-refractivity contribution >= 4 is 17.7 Å². The van der Waals surface area contributed by atoms with Gasteiger partial charge in [-0.1, -0.05) is 45.0 Å². The zero-order valence-electron chi connectivity index (χ0n) is 23.6. The van der Waals surface area contributed by atoms with Crippen molar-refractivity contribution in [3.63, 3.8) is 0 Å². The van der Waals surface area contributed by atoms with Gasteiger partial charge in [0, 0.05) is 25.7 Å². The Morgan fingerprint density at radius 2 is 1.73 bits per heavy atom. The number of nitrogens with one attached hydrogen (secondary N) is 2. The highest BCUT2D eigenvalue weighted by Crippen LogP contribution is 2.19. The summed E-state index contributed by atoms with van der Waals surface area (Å²) in [5, 5.41) is 16.9. The van der Waals surface area contributed by atoms with Gasteiger partial charge < -0.3 is 25.5 Å². The molecule has 0 aromatic heterocycles. The number of aryl methyl sites for hydroxylation is 1.